The van der Waals surface area contributed by atoms with Crippen molar-refractivity contribution in [1.82, 2.24) is 15.5 Å². The summed E-state index contributed by atoms with van der Waals surface area (Å²) in [5.74, 6) is 2.38. The van der Waals surface area contributed by atoms with Gasteiger partial charge in [-0.3, -0.25) is 0 Å². The van der Waals surface area contributed by atoms with Crippen LogP contribution in [0.4, 0.5) is 0 Å². The van der Waals surface area contributed by atoms with Gasteiger partial charge in [0, 0.05) is 6.42 Å². The largest absolute Gasteiger partial charge is 0.338 e. The number of piperidine rings is 1. The standard InChI is InChI=1S/C12H21N3O/c1-3-4-5-11-14-12(16-15-11)10-8-9(2)6-7-13-10/h9-10,13H,3-8H2,1-2H3. The number of nitrogens with one attached hydrogen (secondary N) is 1. The van der Waals surface area contributed by atoms with Gasteiger partial charge in [-0.05, 0) is 31.7 Å². The Morgan fingerprint density at radius 3 is 3.12 bits per heavy atom. The molecule has 16 heavy (non-hydrogen) atoms. The average Bonchev–Trinajstić information content (AvgIpc) is 2.75. The van der Waals surface area contributed by atoms with Crippen LogP contribution in [-0.2, 0) is 6.42 Å². The van der Waals surface area contributed by atoms with E-state index in [0.29, 0.717) is 0 Å². The first kappa shape index (κ1) is 11.6. The van der Waals surface area contributed by atoms with Crippen molar-refractivity contribution in [3.8, 4) is 0 Å². The number of rotatable bonds is 4. The van der Waals surface area contributed by atoms with E-state index >= 15 is 0 Å². The topological polar surface area (TPSA) is 51.0 Å². The summed E-state index contributed by atoms with van der Waals surface area (Å²) < 4.78 is 5.33. The third-order valence-corrected chi connectivity index (χ3v) is 3.20. The molecule has 0 bridgehead atoms. The second kappa shape index (κ2) is 5.43. The van der Waals surface area contributed by atoms with Gasteiger partial charge in [0.15, 0.2) is 5.82 Å². The van der Waals surface area contributed by atoms with E-state index in [-0.39, 0.29) is 6.04 Å². The van der Waals surface area contributed by atoms with Crippen LogP contribution in [0.3, 0.4) is 0 Å². The van der Waals surface area contributed by atoms with Gasteiger partial charge in [0.25, 0.3) is 0 Å². The van der Waals surface area contributed by atoms with E-state index in [1.165, 1.54) is 12.8 Å². The Morgan fingerprint density at radius 1 is 1.50 bits per heavy atom. The number of hydrogen-bond acceptors (Lipinski definition) is 4. The molecule has 0 aliphatic carbocycles. The lowest BCUT2D eigenvalue weighted by atomic mass is 9.94. The summed E-state index contributed by atoms with van der Waals surface area (Å²) >= 11 is 0. The molecule has 1 aromatic rings. The van der Waals surface area contributed by atoms with Crippen molar-refractivity contribution >= 4 is 0 Å². The molecular weight excluding hydrogens is 202 g/mol. The number of nitrogens with zero attached hydrogens (tertiary/aromatic N) is 2. The van der Waals surface area contributed by atoms with Crippen LogP contribution in [0.15, 0.2) is 4.52 Å². The van der Waals surface area contributed by atoms with Crippen molar-refractivity contribution in [3.63, 3.8) is 0 Å². The molecule has 0 spiro atoms. The number of aromatic nitrogens is 2. The maximum atomic E-state index is 5.33. The zero-order valence-electron chi connectivity index (χ0n) is 10.2. The molecular formula is C12H21N3O. The van der Waals surface area contributed by atoms with Crippen molar-refractivity contribution < 1.29 is 4.52 Å². The van der Waals surface area contributed by atoms with Crippen LogP contribution in [-0.4, -0.2) is 16.7 Å². The fourth-order valence-corrected chi connectivity index (χ4v) is 2.14. The molecule has 2 rings (SSSR count). The molecule has 1 aliphatic heterocycles. The summed E-state index contributed by atoms with van der Waals surface area (Å²) in [6, 6.07) is 0.270. The second-order valence-corrected chi connectivity index (χ2v) is 4.79. The molecule has 1 fully saturated rings. The molecule has 0 amide bonds. The first-order valence-corrected chi connectivity index (χ1v) is 6.35. The lowest BCUT2D eigenvalue weighted by Crippen LogP contribution is -2.30. The quantitative estimate of drug-likeness (QED) is 0.852. The van der Waals surface area contributed by atoms with Crippen LogP contribution in [0.5, 0.6) is 0 Å². The van der Waals surface area contributed by atoms with Gasteiger partial charge in [-0.25, -0.2) is 0 Å². The Hall–Kier alpha value is -0.900. The first-order chi connectivity index (χ1) is 7.79. The van der Waals surface area contributed by atoms with Crippen molar-refractivity contribution in [2.75, 3.05) is 6.54 Å². The molecule has 0 radical (unpaired) electrons. The van der Waals surface area contributed by atoms with E-state index in [9.17, 15) is 0 Å². The fourth-order valence-electron chi connectivity index (χ4n) is 2.14. The van der Waals surface area contributed by atoms with Crippen LogP contribution in [0.1, 0.15) is 57.3 Å². The molecule has 2 atom stereocenters. The minimum Gasteiger partial charge on any atom is -0.338 e. The third-order valence-electron chi connectivity index (χ3n) is 3.20. The van der Waals surface area contributed by atoms with Gasteiger partial charge in [-0.15, -0.1) is 0 Å². The molecule has 2 heterocycles. The Morgan fingerprint density at radius 2 is 2.38 bits per heavy atom. The normalized spacial score (nSPS) is 25.9. The SMILES string of the molecule is CCCCc1noc(C2CC(C)CCN2)n1. The monoisotopic (exact) mass is 223 g/mol. The van der Waals surface area contributed by atoms with Crippen LogP contribution >= 0.6 is 0 Å². The summed E-state index contributed by atoms with van der Waals surface area (Å²) in [4.78, 5) is 4.47. The Labute approximate surface area is 96.8 Å². The summed E-state index contributed by atoms with van der Waals surface area (Å²) in [7, 11) is 0. The summed E-state index contributed by atoms with van der Waals surface area (Å²) in [6.07, 6.45) is 5.58. The molecule has 1 saturated heterocycles. The molecule has 90 valence electrons. The lowest BCUT2D eigenvalue weighted by Gasteiger charge is -2.25. The summed E-state index contributed by atoms with van der Waals surface area (Å²) in [6.45, 7) is 5.51. The van der Waals surface area contributed by atoms with Crippen LogP contribution < -0.4 is 5.32 Å². The molecule has 1 aliphatic rings. The van der Waals surface area contributed by atoms with Gasteiger partial charge >= 0.3 is 0 Å². The maximum Gasteiger partial charge on any atom is 0.243 e. The van der Waals surface area contributed by atoms with Crippen molar-refractivity contribution in [2.24, 2.45) is 5.92 Å². The first-order valence-electron chi connectivity index (χ1n) is 6.35. The average molecular weight is 223 g/mol. The van der Waals surface area contributed by atoms with Crippen LogP contribution in [0.25, 0.3) is 0 Å². The molecule has 0 aromatic carbocycles. The van der Waals surface area contributed by atoms with Crippen molar-refractivity contribution in [3.05, 3.63) is 11.7 Å². The highest BCUT2D eigenvalue weighted by molar-refractivity contribution is 4.95. The Bertz CT molecular complexity index is 324. The smallest absolute Gasteiger partial charge is 0.243 e. The number of hydrogen-bond donors (Lipinski definition) is 1. The zero-order chi connectivity index (χ0) is 11.4. The van der Waals surface area contributed by atoms with Gasteiger partial charge in [0.05, 0.1) is 6.04 Å². The van der Waals surface area contributed by atoms with E-state index in [1.54, 1.807) is 0 Å². The Balaban J connectivity index is 1.95. The van der Waals surface area contributed by atoms with E-state index < -0.39 is 0 Å². The van der Waals surface area contributed by atoms with Crippen molar-refractivity contribution in [2.45, 2.75) is 52.0 Å². The van der Waals surface area contributed by atoms with Gasteiger partial charge < -0.3 is 9.84 Å². The van der Waals surface area contributed by atoms with E-state index in [2.05, 4.69) is 29.3 Å². The van der Waals surface area contributed by atoms with Crippen molar-refractivity contribution in [1.29, 1.82) is 0 Å². The molecule has 1 N–H and O–H groups in total. The predicted octanol–water partition coefficient (Wildman–Crippen LogP) is 2.47. The molecule has 2 unspecified atom stereocenters. The van der Waals surface area contributed by atoms with Gasteiger partial charge in [-0.1, -0.05) is 25.4 Å². The van der Waals surface area contributed by atoms with Crippen LogP contribution in [0.2, 0.25) is 0 Å². The number of unbranched alkanes of at least 4 members (excludes halogenated alkanes) is 1. The van der Waals surface area contributed by atoms with E-state index in [0.717, 1.165) is 43.4 Å². The highest BCUT2D eigenvalue weighted by atomic mass is 16.5. The minimum atomic E-state index is 0.270. The highest BCUT2D eigenvalue weighted by Gasteiger charge is 2.24. The number of aryl methyl sites for hydroxylation is 1. The van der Waals surface area contributed by atoms with Gasteiger partial charge in [0.2, 0.25) is 5.89 Å². The fraction of sp³-hybridized carbons (Fsp3) is 0.833. The van der Waals surface area contributed by atoms with Gasteiger partial charge in [-0.2, -0.15) is 4.98 Å². The second-order valence-electron chi connectivity index (χ2n) is 4.79. The predicted molar refractivity (Wildman–Crippen MR) is 62.1 cm³/mol. The van der Waals surface area contributed by atoms with Gasteiger partial charge in [0.1, 0.15) is 0 Å². The zero-order valence-corrected chi connectivity index (χ0v) is 10.2. The molecule has 4 heteroatoms. The summed E-state index contributed by atoms with van der Waals surface area (Å²) in [5, 5.41) is 7.47. The lowest BCUT2D eigenvalue weighted by molar-refractivity contribution is 0.259. The third kappa shape index (κ3) is 2.82. The molecule has 1 aromatic heterocycles. The highest BCUT2D eigenvalue weighted by Crippen LogP contribution is 2.25. The summed E-state index contributed by atoms with van der Waals surface area (Å²) in [5.41, 5.74) is 0. The minimum absolute atomic E-state index is 0.270. The van der Waals surface area contributed by atoms with Crippen LogP contribution in [0, 0.1) is 5.92 Å². The molecule has 0 saturated carbocycles. The van der Waals surface area contributed by atoms with E-state index in [1.807, 2.05) is 0 Å². The maximum absolute atomic E-state index is 5.33. The Kier molecular flexibility index (Phi) is 3.93. The molecule has 4 nitrogen and oxygen atoms in total. The van der Waals surface area contributed by atoms with E-state index in [4.69, 9.17) is 4.52 Å².